The van der Waals surface area contributed by atoms with Crippen LogP contribution in [0.3, 0.4) is 0 Å². The summed E-state index contributed by atoms with van der Waals surface area (Å²) in [6.07, 6.45) is 3.41. The molecular weight excluding hydrogens is 296 g/mol. The number of allylic oxidation sites excluding steroid dienone is 1. The van der Waals surface area contributed by atoms with E-state index in [0.29, 0.717) is 0 Å². The van der Waals surface area contributed by atoms with Gasteiger partial charge in [0.25, 0.3) is 10.0 Å². The number of aryl methyl sites for hydroxylation is 1. The molecule has 0 aliphatic rings. The third kappa shape index (κ3) is 4.56. The fourth-order valence-corrected chi connectivity index (χ4v) is 2.61. The number of sulfonamides is 1. The monoisotopic (exact) mass is 314 g/mol. The summed E-state index contributed by atoms with van der Waals surface area (Å²) < 4.78 is 24.1. The van der Waals surface area contributed by atoms with Crippen LogP contribution in [0.2, 0.25) is 0 Å². The summed E-state index contributed by atoms with van der Waals surface area (Å²) in [6.45, 7) is 3.76. The molecule has 0 saturated carbocycles. The molecule has 0 amide bonds. The Balaban J connectivity index is 2.05. The average Bonchev–Trinajstić information content (AvgIpc) is 2.48. The quantitative estimate of drug-likeness (QED) is 0.679. The molecule has 0 bridgehead atoms. The Hall–Kier alpha value is -2.40. The van der Waals surface area contributed by atoms with Gasteiger partial charge in [-0.15, -0.1) is 0 Å². The normalized spacial score (nSPS) is 12.5. The van der Waals surface area contributed by atoms with E-state index < -0.39 is 10.0 Å². The van der Waals surface area contributed by atoms with Gasteiger partial charge in [-0.25, -0.2) is 4.83 Å². The van der Waals surface area contributed by atoms with Crippen LogP contribution in [0.1, 0.15) is 18.1 Å². The summed E-state index contributed by atoms with van der Waals surface area (Å²) in [5.74, 6) is 0. The first-order chi connectivity index (χ1) is 10.5. The van der Waals surface area contributed by atoms with Crippen molar-refractivity contribution in [2.75, 3.05) is 0 Å². The molecule has 4 nitrogen and oxygen atoms in total. The molecule has 1 N–H and O–H groups in total. The average molecular weight is 314 g/mol. The highest BCUT2D eigenvalue weighted by Crippen LogP contribution is 2.10. The lowest BCUT2D eigenvalue weighted by Crippen LogP contribution is -2.18. The molecule has 0 atom stereocenters. The van der Waals surface area contributed by atoms with Gasteiger partial charge in [0.1, 0.15) is 0 Å². The summed E-state index contributed by atoms with van der Waals surface area (Å²) in [6, 6.07) is 16.4. The highest BCUT2D eigenvalue weighted by Gasteiger charge is 2.11. The van der Waals surface area contributed by atoms with Crippen molar-refractivity contribution in [2.45, 2.75) is 18.7 Å². The minimum Gasteiger partial charge on any atom is -0.200 e. The molecule has 0 aliphatic heterocycles. The van der Waals surface area contributed by atoms with Crippen molar-refractivity contribution < 1.29 is 8.42 Å². The van der Waals surface area contributed by atoms with Crippen LogP contribution in [0.4, 0.5) is 0 Å². The molecular formula is C17H18N2O2S. The van der Waals surface area contributed by atoms with Gasteiger partial charge in [0.15, 0.2) is 0 Å². The summed E-state index contributed by atoms with van der Waals surface area (Å²) in [7, 11) is -3.62. The molecule has 0 aromatic heterocycles. The number of benzene rings is 2. The number of hydrogen-bond donors (Lipinski definition) is 1. The summed E-state index contributed by atoms with van der Waals surface area (Å²) >= 11 is 0. The van der Waals surface area contributed by atoms with Crippen LogP contribution in [0.15, 0.2) is 70.2 Å². The molecule has 2 aromatic rings. The van der Waals surface area contributed by atoms with Gasteiger partial charge in [0, 0.05) is 0 Å². The first kappa shape index (κ1) is 16.0. The molecule has 0 saturated heterocycles. The van der Waals surface area contributed by atoms with Crippen LogP contribution in [0.5, 0.6) is 0 Å². The second-order valence-corrected chi connectivity index (χ2v) is 6.63. The predicted molar refractivity (Wildman–Crippen MR) is 90.1 cm³/mol. The lowest BCUT2D eigenvalue weighted by Gasteiger charge is -2.03. The van der Waals surface area contributed by atoms with Gasteiger partial charge >= 0.3 is 0 Å². The Morgan fingerprint density at radius 2 is 1.68 bits per heavy atom. The van der Waals surface area contributed by atoms with Crippen molar-refractivity contribution in [1.82, 2.24) is 4.83 Å². The van der Waals surface area contributed by atoms with Gasteiger partial charge < -0.3 is 0 Å². The molecule has 5 heteroatoms. The molecule has 0 fully saturated rings. The lowest BCUT2D eigenvalue weighted by molar-refractivity contribution is 0.584. The number of rotatable bonds is 5. The molecule has 0 heterocycles. The van der Waals surface area contributed by atoms with Crippen LogP contribution in [0.25, 0.3) is 6.08 Å². The van der Waals surface area contributed by atoms with Gasteiger partial charge in [-0.1, -0.05) is 54.1 Å². The fraction of sp³-hybridized carbons (Fsp3) is 0.118. The van der Waals surface area contributed by atoms with E-state index in [1.54, 1.807) is 24.3 Å². The maximum absolute atomic E-state index is 12.0. The maximum atomic E-state index is 12.0. The molecule has 0 spiro atoms. The Bertz CT molecular complexity index is 777. The van der Waals surface area contributed by atoms with Crippen LogP contribution >= 0.6 is 0 Å². The largest absolute Gasteiger partial charge is 0.276 e. The lowest BCUT2D eigenvalue weighted by atomic mass is 10.1. The molecule has 2 rings (SSSR count). The van der Waals surface area contributed by atoms with E-state index in [9.17, 15) is 8.42 Å². The second-order valence-electron chi connectivity index (χ2n) is 4.97. The zero-order valence-electron chi connectivity index (χ0n) is 12.5. The van der Waals surface area contributed by atoms with Gasteiger partial charge in [-0.05, 0) is 37.1 Å². The van der Waals surface area contributed by atoms with Gasteiger partial charge in [0.2, 0.25) is 0 Å². The first-order valence-corrected chi connectivity index (χ1v) is 8.30. The second kappa shape index (κ2) is 7.04. The van der Waals surface area contributed by atoms with Crippen LogP contribution in [-0.4, -0.2) is 14.6 Å². The Morgan fingerprint density at radius 1 is 1.05 bits per heavy atom. The van der Waals surface area contributed by atoms with Gasteiger partial charge in [-0.2, -0.15) is 13.5 Å². The molecule has 114 valence electrons. The SMILES string of the molecule is CC(/C=N\NS(=O)(=O)c1ccc(C)cc1)=C/c1ccccc1. The summed E-state index contributed by atoms with van der Waals surface area (Å²) in [5.41, 5.74) is 2.88. The van der Waals surface area contributed by atoms with Crippen molar-refractivity contribution in [3.05, 3.63) is 71.3 Å². The van der Waals surface area contributed by atoms with Gasteiger partial charge in [-0.3, -0.25) is 0 Å². The van der Waals surface area contributed by atoms with E-state index in [1.165, 1.54) is 6.21 Å². The molecule has 2 aromatic carbocycles. The van der Waals surface area contributed by atoms with Crippen LogP contribution < -0.4 is 4.83 Å². The minimum atomic E-state index is -3.62. The third-order valence-electron chi connectivity index (χ3n) is 2.97. The topological polar surface area (TPSA) is 58.5 Å². The third-order valence-corrected chi connectivity index (χ3v) is 4.20. The van der Waals surface area contributed by atoms with Crippen LogP contribution in [0, 0.1) is 6.92 Å². The van der Waals surface area contributed by atoms with E-state index in [1.807, 2.05) is 50.3 Å². The highest BCUT2D eigenvalue weighted by atomic mass is 32.2. The van der Waals surface area contributed by atoms with Gasteiger partial charge in [0.05, 0.1) is 11.1 Å². The fourth-order valence-electron chi connectivity index (χ4n) is 1.82. The van der Waals surface area contributed by atoms with Crippen molar-refractivity contribution in [2.24, 2.45) is 5.10 Å². The maximum Gasteiger partial charge on any atom is 0.276 e. The van der Waals surface area contributed by atoms with Crippen molar-refractivity contribution in [1.29, 1.82) is 0 Å². The van der Waals surface area contributed by atoms with Crippen molar-refractivity contribution in [3.8, 4) is 0 Å². The number of hydrazone groups is 1. The summed E-state index contributed by atoms with van der Waals surface area (Å²) in [5, 5.41) is 3.81. The Labute approximate surface area is 131 Å². The standard InChI is InChI=1S/C17H18N2O2S/c1-14-8-10-17(11-9-14)22(20,21)19-18-13-15(2)12-16-6-4-3-5-7-16/h3-13,19H,1-2H3/b15-12-,18-13-. The van der Waals surface area contributed by atoms with E-state index in [2.05, 4.69) is 9.93 Å². The van der Waals surface area contributed by atoms with Crippen molar-refractivity contribution >= 4 is 22.3 Å². The molecule has 22 heavy (non-hydrogen) atoms. The predicted octanol–water partition coefficient (Wildman–Crippen LogP) is 3.36. The molecule has 0 aliphatic carbocycles. The Kier molecular flexibility index (Phi) is 5.12. The van der Waals surface area contributed by atoms with Crippen molar-refractivity contribution in [3.63, 3.8) is 0 Å². The number of nitrogens with zero attached hydrogens (tertiary/aromatic N) is 1. The molecule has 0 unspecified atom stereocenters. The minimum absolute atomic E-state index is 0.194. The number of nitrogens with one attached hydrogen (secondary N) is 1. The van der Waals surface area contributed by atoms with E-state index in [0.717, 1.165) is 16.7 Å². The summed E-state index contributed by atoms with van der Waals surface area (Å²) in [4.78, 5) is 2.41. The Morgan fingerprint density at radius 3 is 2.32 bits per heavy atom. The first-order valence-electron chi connectivity index (χ1n) is 6.82. The zero-order chi connectivity index (χ0) is 16.0. The molecule has 0 radical (unpaired) electrons. The van der Waals surface area contributed by atoms with Crippen LogP contribution in [-0.2, 0) is 10.0 Å². The smallest absolute Gasteiger partial charge is 0.200 e. The van der Waals surface area contributed by atoms with E-state index >= 15 is 0 Å². The highest BCUT2D eigenvalue weighted by molar-refractivity contribution is 7.89. The van der Waals surface area contributed by atoms with E-state index in [4.69, 9.17) is 0 Å². The zero-order valence-corrected chi connectivity index (χ0v) is 13.3. The van der Waals surface area contributed by atoms with E-state index in [-0.39, 0.29) is 4.90 Å². The number of hydrogen-bond acceptors (Lipinski definition) is 3.